The fourth-order valence-electron chi connectivity index (χ4n) is 2.87. The summed E-state index contributed by atoms with van der Waals surface area (Å²) in [5.74, 6) is -2.34. The maximum absolute atomic E-state index is 12.7. The van der Waals surface area contributed by atoms with E-state index in [0.29, 0.717) is 5.69 Å². The number of nitro benzene ring substituents is 1. The Morgan fingerprint density at radius 3 is 2.56 bits per heavy atom. The van der Waals surface area contributed by atoms with Crippen LogP contribution in [0.25, 0.3) is 6.08 Å². The van der Waals surface area contributed by atoms with E-state index in [9.17, 15) is 24.5 Å². The largest absolute Gasteiger partial charge is 0.474 e. The van der Waals surface area contributed by atoms with E-state index in [2.05, 4.69) is 5.43 Å². The zero-order valence-electron chi connectivity index (χ0n) is 17.0. The number of hydrogen-bond acceptors (Lipinski definition) is 7. The van der Waals surface area contributed by atoms with Crippen LogP contribution in [-0.2, 0) is 19.1 Å². The molecule has 11 heteroatoms. The SMILES string of the molecule is CC(C)OC(=O)COc1c(Cl)cc(C=C2C(=O)NN(c3ccccc3)C2=O)cc1[N+](=O)[O-]. The van der Waals surface area contributed by atoms with Gasteiger partial charge in [-0.15, -0.1) is 0 Å². The third-order valence-electron chi connectivity index (χ3n) is 4.16. The summed E-state index contributed by atoms with van der Waals surface area (Å²) in [7, 11) is 0. The number of hydrogen-bond donors (Lipinski definition) is 1. The highest BCUT2D eigenvalue weighted by Gasteiger charge is 2.34. The monoisotopic (exact) mass is 459 g/mol. The van der Waals surface area contributed by atoms with Gasteiger partial charge in [-0.2, -0.15) is 0 Å². The number of halogens is 1. The van der Waals surface area contributed by atoms with Gasteiger partial charge in [0.05, 0.1) is 21.7 Å². The first-order valence-corrected chi connectivity index (χ1v) is 9.77. The van der Waals surface area contributed by atoms with E-state index >= 15 is 0 Å². The lowest BCUT2D eigenvalue weighted by Gasteiger charge is -2.13. The smallest absolute Gasteiger partial charge is 0.344 e. The molecule has 2 aromatic carbocycles. The number of amides is 2. The molecule has 32 heavy (non-hydrogen) atoms. The number of nitrogens with one attached hydrogen (secondary N) is 1. The average molecular weight is 460 g/mol. The summed E-state index contributed by atoms with van der Waals surface area (Å²) >= 11 is 6.14. The van der Waals surface area contributed by atoms with E-state index in [1.807, 2.05) is 0 Å². The Labute approximate surface area is 187 Å². The number of ether oxygens (including phenoxy) is 2. The van der Waals surface area contributed by atoms with Gasteiger partial charge in [-0.1, -0.05) is 29.8 Å². The number of hydrazine groups is 1. The van der Waals surface area contributed by atoms with Crippen LogP contribution in [-0.4, -0.2) is 35.4 Å². The van der Waals surface area contributed by atoms with Gasteiger partial charge in [-0.25, -0.2) is 9.80 Å². The number of anilines is 1. The number of esters is 1. The molecular formula is C21H18ClN3O7. The van der Waals surface area contributed by atoms with Crippen LogP contribution in [0.3, 0.4) is 0 Å². The van der Waals surface area contributed by atoms with E-state index in [1.165, 1.54) is 12.1 Å². The van der Waals surface area contributed by atoms with E-state index in [-0.39, 0.29) is 28.0 Å². The highest BCUT2D eigenvalue weighted by molar-refractivity contribution is 6.33. The van der Waals surface area contributed by atoms with Gasteiger partial charge in [-0.05, 0) is 43.7 Å². The van der Waals surface area contributed by atoms with Gasteiger partial charge in [0.15, 0.2) is 6.61 Å². The van der Waals surface area contributed by atoms with Crippen molar-refractivity contribution in [2.45, 2.75) is 20.0 Å². The lowest BCUT2D eigenvalue weighted by molar-refractivity contribution is -0.385. The van der Waals surface area contributed by atoms with Gasteiger partial charge in [-0.3, -0.25) is 25.1 Å². The molecule has 1 saturated heterocycles. The third-order valence-corrected chi connectivity index (χ3v) is 4.44. The second-order valence-corrected chi connectivity index (χ2v) is 7.32. The maximum atomic E-state index is 12.7. The topological polar surface area (TPSA) is 128 Å². The van der Waals surface area contributed by atoms with Crippen molar-refractivity contribution >= 4 is 46.8 Å². The Balaban J connectivity index is 1.89. The quantitative estimate of drug-likeness (QED) is 0.221. The minimum atomic E-state index is -0.746. The number of nitro groups is 1. The van der Waals surface area contributed by atoms with E-state index in [4.69, 9.17) is 21.1 Å². The number of para-hydroxylation sites is 1. The normalized spacial score (nSPS) is 14.6. The van der Waals surface area contributed by atoms with Crippen molar-refractivity contribution in [2.75, 3.05) is 11.6 Å². The highest BCUT2D eigenvalue weighted by Crippen LogP contribution is 2.37. The second-order valence-electron chi connectivity index (χ2n) is 6.91. The molecule has 0 atom stereocenters. The van der Waals surface area contributed by atoms with E-state index in [1.54, 1.807) is 44.2 Å². The molecule has 0 saturated carbocycles. The van der Waals surface area contributed by atoms with Gasteiger partial charge < -0.3 is 9.47 Å². The average Bonchev–Trinajstić information content (AvgIpc) is 3.01. The molecule has 0 unspecified atom stereocenters. The Bertz CT molecular complexity index is 1120. The van der Waals surface area contributed by atoms with Crippen molar-refractivity contribution in [3.63, 3.8) is 0 Å². The Kier molecular flexibility index (Phi) is 6.74. The molecule has 166 valence electrons. The van der Waals surface area contributed by atoms with Crippen molar-refractivity contribution in [2.24, 2.45) is 0 Å². The van der Waals surface area contributed by atoms with Crippen molar-refractivity contribution in [3.8, 4) is 5.75 Å². The van der Waals surface area contributed by atoms with Crippen LogP contribution in [0.5, 0.6) is 5.75 Å². The number of rotatable bonds is 7. The molecule has 0 bridgehead atoms. The van der Waals surface area contributed by atoms with Crippen LogP contribution in [0.15, 0.2) is 48.0 Å². The van der Waals surface area contributed by atoms with E-state index in [0.717, 1.165) is 11.1 Å². The standard InChI is InChI=1S/C21H18ClN3O7/c1-12(2)32-18(26)11-31-19-16(22)9-13(10-17(19)25(29)30)8-15-20(27)23-24(21(15)28)14-6-4-3-5-7-14/h3-10,12H,11H2,1-2H3,(H,23,27). The Hall–Kier alpha value is -3.92. The van der Waals surface area contributed by atoms with Crippen molar-refractivity contribution in [1.29, 1.82) is 0 Å². The molecule has 0 aliphatic carbocycles. The van der Waals surface area contributed by atoms with Crippen LogP contribution >= 0.6 is 11.6 Å². The summed E-state index contributed by atoms with van der Waals surface area (Å²) in [4.78, 5) is 47.5. The summed E-state index contributed by atoms with van der Waals surface area (Å²) in [5.41, 5.74) is 2.26. The maximum Gasteiger partial charge on any atom is 0.344 e. The first-order chi connectivity index (χ1) is 15.2. The molecule has 2 aromatic rings. The molecule has 10 nitrogen and oxygen atoms in total. The first kappa shape index (κ1) is 22.8. The molecule has 0 radical (unpaired) electrons. The number of carbonyl (C=O) groups excluding carboxylic acids is 3. The minimum absolute atomic E-state index is 0.132. The fourth-order valence-corrected chi connectivity index (χ4v) is 3.15. The summed E-state index contributed by atoms with van der Waals surface area (Å²) < 4.78 is 10.1. The fraction of sp³-hybridized carbons (Fsp3) is 0.190. The highest BCUT2D eigenvalue weighted by atomic mass is 35.5. The zero-order valence-corrected chi connectivity index (χ0v) is 17.8. The molecule has 3 rings (SSSR count). The van der Waals surface area contributed by atoms with Gasteiger partial charge in [0, 0.05) is 6.07 Å². The second kappa shape index (κ2) is 9.48. The molecule has 1 aliphatic heterocycles. The first-order valence-electron chi connectivity index (χ1n) is 9.39. The predicted molar refractivity (Wildman–Crippen MR) is 115 cm³/mol. The molecular weight excluding hydrogens is 442 g/mol. The van der Waals surface area contributed by atoms with Gasteiger partial charge >= 0.3 is 11.7 Å². The zero-order chi connectivity index (χ0) is 23.4. The number of nitrogens with zero attached hydrogens (tertiary/aromatic N) is 2. The lowest BCUT2D eigenvalue weighted by atomic mass is 10.1. The molecule has 0 spiro atoms. The summed E-state index contributed by atoms with van der Waals surface area (Å²) in [5, 5.41) is 12.4. The van der Waals surface area contributed by atoms with Crippen molar-refractivity contribution in [3.05, 3.63) is 68.7 Å². The molecule has 2 amide bonds. The molecule has 1 N–H and O–H groups in total. The van der Waals surface area contributed by atoms with Crippen LogP contribution in [0.1, 0.15) is 19.4 Å². The molecule has 1 fully saturated rings. The lowest BCUT2D eigenvalue weighted by Crippen LogP contribution is -2.35. The summed E-state index contributed by atoms with van der Waals surface area (Å²) in [6.07, 6.45) is 0.812. The van der Waals surface area contributed by atoms with Crippen LogP contribution in [0.2, 0.25) is 5.02 Å². The number of carbonyl (C=O) groups is 3. The van der Waals surface area contributed by atoms with Gasteiger partial charge in [0.1, 0.15) is 5.57 Å². The molecule has 1 heterocycles. The minimum Gasteiger partial charge on any atom is -0.474 e. The van der Waals surface area contributed by atoms with Gasteiger partial charge in [0.25, 0.3) is 11.8 Å². The third kappa shape index (κ3) is 5.03. The molecule has 1 aliphatic rings. The summed E-state index contributed by atoms with van der Waals surface area (Å²) in [6, 6.07) is 10.8. The molecule has 0 aromatic heterocycles. The van der Waals surface area contributed by atoms with Gasteiger partial charge in [0.2, 0.25) is 5.75 Å². The van der Waals surface area contributed by atoms with Crippen LogP contribution < -0.4 is 15.2 Å². The number of benzene rings is 2. The van der Waals surface area contributed by atoms with Crippen molar-refractivity contribution < 1.29 is 28.8 Å². The van der Waals surface area contributed by atoms with Crippen molar-refractivity contribution in [1.82, 2.24) is 5.43 Å². The summed E-state index contributed by atoms with van der Waals surface area (Å²) in [6.45, 7) is 2.72. The van der Waals surface area contributed by atoms with E-state index < -0.39 is 35.0 Å². The van der Waals surface area contributed by atoms with Crippen LogP contribution in [0.4, 0.5) is 11.4 Å². The predicted octanol–water partition coefficient (Wildman–Crippen LogP) is 3.04. The Morgan fingerprint density at radius 2 is 1.94 bits per heavy atom. The Morgan fingerprint density at radius 1 is 1.25 bits per heavy atom. The van der Waals surface area contributed by atoms with Crippen LogP contribution in [0, 0.1) is 10.1 Å².